The van der Waals surface area contributed by atoms with E-state index in [0.29, 0.717) is 0 Å². The summed E-state index contributed by atoms with van der Waals surface area (Å²) in [4.78, 5) is 0. The van der Waals surface area contributed by atoms with E-state index in [2.05, 4.69) is 473 Å². The summed E-state index contributed by atoms with van der Waals surface area (Å²) in [6.45, 7) is 31.7. The van der Waals surface area contributed by atoms with E-state index in [4.69, 9.17) is 0 Å². The average molecular weight is 1500 g/mol. The number of benzene rings is 16. The highest BCUT2D eigenvalue weighted by molar-refractivity contribution is 5.90. The Labute approximate surface area is 690 Å². The van der Waals surface area contributed by atoms with Crippen molar-refractivity contribution in [2.75, 3.05) is 0 Å². The minimum atomic E-state index is -0.264. The molecule has 0 heterocycles. The van der Waals surface area contributed by atoms with Crippen LogP contribution in [0.15, 0.2) is 376 Å². The molecule has 0 nitrogen and oxygen atoms in total. The molecule has 0 saturated heterocycles. The van der Waals surface area contributed by atoms with Gasteiger partial charge in [0.2, 0.25) is 0 Å². The highest BCUT2D eigenvalue weighted by Crippen LogP contribution is 2.60. The van der Waals surface area contributed by atoms with Crippen LogP contribution in [0.3, 0.4) is 0 Å². The zero-order chi connectivity index (χ0) is 80.5. The Morgan fingerprint density at radius 1 is 0.155 bits per heavy atom. The highest BCUT2D eigenvalue weighted by atomic mass is 14.5. The SMILES string of the molecule is Cc1ccc2c(c1)-c1ccccc1C2(C)C.Cc1ccc2c(c1)C(C)(C)c1ccccc1-2.Cc1ccc2c(c1)C(c1ccccc1)(c1ccccc1)c1ccccc1-2.Cc1cccc2c1-c1ccccc1C2(C)C.Cc1cccc2c1C(C)(C)c1ccccc1-2.Cc1cccc2c1C(c1ccccc1)(c1ccccc1)c1ccccc1-2. The molecule has 0 bridgehead atoms. The van der Waals surface area contributed by atoms with Gasteiger partial charge < -0.3 is 0 Å². The van der Waals surface area contributed by atoms with Crippen LogP contribution < -0.4 is 0 Å². The van der Waals surface area contributed by atoms with Gasteiger partial charge in [-0.05, 0) is 214 Å². The molecule has 0 aromatic heterocycles. The fraction of sp³-hybridized carbons (Fsp3) is 0.172. The van der Waals surface area contributed by atoms with Gasteiger partial charge in [0.05, 0.1) is 10.8 Å². The van der Waals surface area contributed by atoms with Gasteiger partial charge in [-0.1, -0.05) is 448 Å². The largest absolute Gasteiger partial charge is 0.0716 e. The number of rotatable bonds is 4. The topological polar surface area (TPSA) is 0 Å². The van der Waals surface area contributed by atoms with Crippen LogP contribution in [0, 0.1) is 41.5 Å². The van der Waals surface area contributed by atoms with Crippen molar-refractivity contribution in [3.05, 3.63) is 499 Å². The molecule has 16 aromatic rings. The number of aryl methyl sites for hydroxylation is 6. The highest BCUT2D eigenvalue weighted by Gasteiger charge is 2.49. The smallest absolute Gasteiger partial charge is 0.0622 e. The number of hydrogen-bond acceptors (Lipinski definition) is 0. The molecule has 6 aliphatic carbocycles. The van der Waals surface area contributed by atoms with Gasteiger partial charge in [0.15, 0.2) is 0 Å². The second-order valence-corrected chi connectivity index (χ2v) is 34.9. The lowest BCUT2D eigenvalue weighted by molar-refractivity contribution is 0.655. The fourth-order valence-electron chi connectivity index (χ4n) is 21.0. The molecule has 22 rings (SSSR count). The lowest BCUT2D eigenvalue weighted by Crippen LogP contribution is -2.29. The summed E-state index contributed by atoms with van der Waals surface area (Å²) in [5, 5.41) is 0. The maximum atomic E-state index is 2.37. The van der Waals surface area contributed by atoms with E-state index in [1.54, 1.807) is 0 Å². The molecule has 0 radical (unpaired) electrons. The molecule has 0 saturated carbocycles. The average Bonchev–Trinajstić information content (AvgIpc) is 1.54. The Morgan fingerprint density at radius 2 is 0.431 bits per heavy atom. The van der Waals surface area contributed by atoms with Gasteiger partial charge in [-0.2, -0.15) is 0 Å². The lowest BCUT2D eigenvalue weighted by atomic mass is 9.67. The first-order valence-corrected chi connectivity index (χ1v) is 41.6. The van der Waals surface area contributed by atoms with Gasteiger partial charge in [-0.3, -0.25) is 0 Å². The third kappa shape index (κ3) is 12.5. The van der Waals surface area contributed by atoms with Gasteiger partial charge >= 0.3 is 0 Å². The zero-order valence-electron chi connectivity index (χ0n) is 69.8. The molecular formula is C116H104. The molecule has 0 aliphatic heterocycles. The van der Waals surface area contributed by atoms with Crippen LogP contribution >= 0.6 is 0 Å². The van der Waals surface area contributed by atoms with E-state index < -0.39 is 0 Å². The Bertz CT molecular complexity index is 6280. The maximum Gasteiger partial charge on any atom is 0.0716 e. The molecular weight excluding hydrogens is 1390 g/mol. The molecule has 0 spiro atoms. The summed E-state index contributed by atoms with van der Waals surface area (Å²) < 4.78 is 0. The number of hydrogen-bond donors (Lipinski definition) is 0. The minimum Gasteiger partial charge on any atom is -0.0622 e. The normalized spacial score (nSPS) is 14.9. The molecule has 16 aromatic carbocycles. The molecule has 0 atom stereocenters. The summed E-state index contributed by atoms with van der Waals surface area (Å²) >= 11 is 0. The van der Waals surface area contributed by atoms with Crippen molar-refractivity contribution >= 4 is 0 Å². The molecule has 0 N–H and O–H groups in total. The van der Waals surface area contributed by atoms with Crippen LogP contribution in [0.4, 0.5) is 0 Å². The predicted octanol–water partition coefficient (Wildman–Crippen LogP) is 29.9. The van der Waals surface area contributed by atoms with E-state index in [1.165, 1.54) is 189 Å². The standard InChI is InChI=1S/2C26H20.4C16H16/c1-19-11-10-17-23-22-16-8-9-18-24(22)26(25(19)23,20-12-4-2-5-13-20)21-14-6-3-7-15-21;1-19-16-17-23-22-14-8-9-15-24(22)26(25(23)18-19,20-10-4-2-5-11-20)21-12-6-3-7-13-21;1-11-7-6-9-13-12-8-4-5-10-14(12)16(2,3)15(11)13;1-11-7-6-10-14-15(11)12-8-4-5-9-13(12)16(14,2)3;1-11-8-9-15-13(10-11)12-6-4-5-7-14(12)16(15,2)3;1-11-8-9-13-12-6-4-5-7-14(12)16(2,3)15(13)10-11/h2*2-18H,1H3;4*4-10H,1-3H3. The quantitative estimate of drug-likeness (QED) is 0.165. The third-order valence-electron chi connectivity index (χ3n) is 26.4. The van der Waals surface area contributed by atoms with Crippen LogP contribution in [0.25, 0.3) is 66.8 Å². The monoisotopic (exact) mass is 1500 g/mol. The molecule has 0 fully saturated rings. The molecule has 568 valence electrons. The van der Waals surface area contributed by atoms with Gasteiger partial charge in [-0.15, -0.1) is 0 Å². The first-order valence-electron chi connectivity index (χ1n) is 41.6. The molecule has 116 heavy (non-hydrogen) atoms. The van der Waals surface area contributed by atoms with Gasteiger partial charge in [0, 0.05) is 21.7 Å². The fourth-order valence-corrected chi connectivity index (χ4v) is 21.0. The summed E-state index contributed by atoms with van der Waals surface area (Å²) in [6, 6.07) is 137. The van der Waals surface area contributed by atoms with Crippen molar-refractivity contribution in [2.24, 2.45) is 0 Å². The van der Waals surface area contributed by atoms with Crippen molar-refractivity contribution in [1.29, 1.82) is 0 Å². The molecule has 0 heteroatoms. The Balaban J connectivity index is 0.000000102. The summed E-state index contributed by atoms with van der Waals surface area (Å²) in [5.41, 5.74) is 47.5. The van der Waals surface area contributed by atoms with E-state index in [-0.39, 0.29) is 32.5 Å². The van der Waals surface area contributed by atoms with E-state index in [9.17, 15) is 0 Å². The van der Waals surface area contributed by atoms with Crippen molar-refractivity contribution in [2.45, 2.75) is 129 Å². The Morgan fingerprint density at radius 3 is 0.931 bits per heavy atom. The third-order valence-corrected chi connectivity index (χ3v) is 26.4. The maximum absolute atomic E-state index is 2.37. The summed E-state index contributed by atoms with van der Waals surface area (Å²) in [7, 11) is 0. The first kappa shape index (κ1) is 76.2. The zero-order valence-corrected chi connectivity index (χ0v) is 69.8. The van der Waals surface area contributed by atoms with Gasteiger partial charge in [0.25, 0.3) is 0 Å². The van der Waals surface area contributed by atoms with Gasteiger partial charge in [-0.25, -0.2) is 0 Å². The minimum absolute atomic E-state index is 0.150. The molecule has 0 unspecified atom stereocenters. The van der Waals surface area contributed by atoms with Gasteiger partial charge in [0.1, 0.15) is 0 Å². The van der Waals surface area contributed by atoms with Crippen LogP contribution in [0.5, 0.6) is 0 Å². The van der Waals surface area contributed by atoms with E-state index in [1.807, 2.05) is 0 Å². The van der Waals surface area contributed by atoms with Crippen LogP contribution in [0.1, 0.15) is 178 Å². The second kappa shape index (κ2) is 30.0. The summed E-state index contributed by atoms with van der Waals surface area (Å²) in [6.07, 6.45) is 0. The second-order valence-electron chi connectivity index (χ2n) is 34.9. The summed E-state index contributed by atoms with van der Waals surface area (Å²) in [5.74, 6) is 0. The van der Waals surface area contributed by atoms with E-state index in [0.717, 1.165) is 0 Å². The van der Waals surface area contributed by atoms with Crippen LogP contribution in [-0.4, -0.2) is 0 Å². The van der Waals surface area contributed by atoms with Crippen molar-refractivity contribution < 1.29 is 0 Å². The predicted molar refractivity (Wildman–Crippen MR) is 492 cm³/mol. The van der Waals surface area contributed by atoms with E-state index >= 15 is 0 Å². The molecule has 0 amide bonds. The van der Waals surface area contributed by atoms with Crippen molar-refractivity contribution in [3.8, 4) is 66.8 Å². The van der Waals surface area contributed by atoms with Crippen LogP contribution in [0.2, 0.25) is 0 Å². The molecule has 6 aliphatic rings. The number of fused-ring (bicyclic) bond motifs is 18. The Kier molecular flexibility index (Phi) is 19.7. The lowest BCUT2D eigenvalue weighted by Gasteiger charge is -2.34. The van der Waals surface area contributed by atoms with Crippen LogP contribution in [-0.2, 0) is 32.5 Å². The van der Waals surface area contributed by atoms with Crippen molar-refractivity contribution in [3.63, 3.8) is 0 Å². The Hall–Kier alpha value is -12.5. The van der Waals surface area contributed by atoms with Crippen molar-refractivity contribution in [1.82, 2.24) is 0 Å². The first-order chi connectivity index (χ1) is 56.1.